The van der Waals surface area contributed by atoms with Crippen LogP contribution in [0.15, 0.2) is 4.99 Å². The van der Waals surface area contributed by atoms with Gasteiger partial charge in [-0.2, -0.15) is 0 Å². The third-order valence-electron chi connectivity index (χ3n) is 5.33. The molecule has 5 nitrogen and oxygen atoms in total. The molecule has 1 saturated carbocycles. The van der Waals surface area contributed by atoms with E-state index in [1.165, 1.54) is 77.4 Å². The lowest BCUT2D eigenvalue weighted by Gasteiger charge is -2.32. The molecule has 2 N–H and O–H groups in total. The Morgan fingerprint density at radius 1 is 1.04 bits per heavy atom. The quantitative estimate of drug-likeness (QED) is 0.305. The predicted molar refractivity (Wildman–Crippen MR) is 106 cm³/mol. The van der Waals surface area contributed by atoms with Gasteiger partial charge in [0, 0.05) is 25.7 Å². The first kappa shape index (κ1) is 20.5. The smallest absolute Gasteiger partial charge is 0.191 e. The second kappa shape index (κ2) is 12.5. The van der Waals surface area contributed by atoms with Gasteiger partial charge in [0.2, 0.25) is 0 Å². The summed E-state index contributed by atoms with van der Waals surface area (Å²) in [6.07, 6.45) is 12.0. The van der Waals surface area contributed by atoms with Crippen molar-refractivity contribution >= 4 is 5.96 Å². The lowest BCUT2D eigenvalue weighted by atomic mass is 10.1. The van der Waals surface area contributed by atoms with Crippen LogP contribution in [0.4, 0.5) is 0 Å². The molecular weight excluding hydrogens is 312 g/mol. The van der Waals surface area contributed by atoms with Crippen molar-refractivity contribution in [3.05, 3.63) is 0 Å². The number of hydrogen-bond donors (Lipinski definition) is 2. The molecule has 5 heteroatoms. The SMILES string of the molecule is CCCN1CCC(NC(=NCCOC2CCCCCC2)NCC)CC1. The number of aliphatic imine (C=N–C) groups is 1. The minimum Gasteiger partial charge on any atom is -0.376 e. The lowest BCUT2D eigenvalue weighted by Crippen LogP contribution is -2.48. The fourth-order valence-electron chi connectivity index (χ4n) is 3.92. The van der Waals surface area contributed by atoms with Crippen LogP contribution in [0.1, 0.15) is 71.6 Å². The van der Waals surface area contributed by atoms with Crippen LogP contribution in [0.25, 0.3) is 0 Å². The van der Waals surface area contributed by atoms with Crippen molar-refractivity contribution in [3.8, 4) is 0 Å². The summed E-state index contributed by atoms with van der Waals surface area (Å²) in [7, 11) is 0. The molecule has 0 atom stereocenters. The molecule has 0 radical (unpaired) electrons. The maximum atomic E-state index is 6.05. The van der Waals surface area contributed by atoms with Crippen LogP contribution >= 0.6 is 0 Å². The van der Waals surface area contributed by atoms with Crippen molar-refractivity contribution < 1.29 is 4.74 Å². The largest absolute Gasteiger partial charge is 0.376 e. The molecular formula is C20H40N4O. The van der Waals surface area contributed by atoms with E-state index in [0.29, 0.717) is 12.1 Å². The average molecular weight is 353 g/mol. The summed E-state index contributed by atoms with van der Waals surface area (Å²) in [4.78, 5) is 7.30. The van der Waals surface area contributed by atoms with Gasteiger partial charge in [-0.15, -0.1) is 0 Å². The number of guanidine groups is 1. The van der Waals surface area contributed by atoms with Crippen molar-refractivity contribution in [1.82, 2.24) is 15.5 Å². The van der Waals surface area contributed by atoms with Crippen molar-refractivity contribution in [2.24, 2.45) is 4.99 Å². The zero-order chi connectivity index (χ0) is 17.7. The predicted octanol–water partition coefficient (Wildman–Crippen LogP) is 3.16. The number of likely N-dealkylation sites (tertiary alicyclic amines) is 1. The summed E-state index contributed by atoms with van der Waals surface area (Å²) >= 11 is 0. The highest BCUT2D eigenvalue weighted by atomic mass is 16.5. The fraction of sp³-hybridized carbons (Fsp3) is 0.950. The second-order valence-electron chi connectivity index (χ2n) is 7.51. The average Bonchev–Trinajstić information content (AvgIpc) is 2.89. The van der Waals surface area contributed by atoms with Crippen molar-refractivity contribution in [2.75, 3.05) is 39.3 Å². The van der Waals surface area contributed by atoms with E-state index >= 15 is 0 Å². The van der Waals surface area contributed by atoms with E-state index in [4.69, 9.17) is 9.73 Å². The molecule has 1 saturated heterocycles. The van der Waals surface area contributed by atoms with E-state index in [1.54, 1.807) is 0 Å². The van der Waals surface area contributed by atoms with E-state index in [2.05, 4.69) is 29.4 Å². The Morgan fingerprint density at radius 3 is 2.40 bits per heavy atom. The molecule has 0 unspecified atom stereocenters. The highest BCUT2D eigenvalue weighted by molar-refractivity contribution is 5.80. The first-order valence-corrected chi connectivity index (χ1v) is 10.7. The molecule has 146 valence electrons. The van der Waals surface area contributed by atoms with E-state index < -0.39 is 0 Å². The van der Waals surface area contributed by atoms with Gasteiger partial charge in [-0.05, 0) is 45.6 Å². The van der Waals surface area contributed by atoms with Gasteiger partial charge in [-0.3, -0.25) is 4.99 Å². The number of ether oxygens (including phenoxy) is 1. The van der Waals surface area contributed by atoms with Crippen LogP contribution in [0.3, 0.4) is 0 Å². The second-order valence-corrected chi connectivity index (χ2v) is 7.51. The summed E-state index contributed by atoms with van der Waals surface area (Å²) in [5, 5.41) is 7.01. The van der Waals surface area contributed by atoms with Crippen molar-refractivity contribution in [3.63, 3.8) is 0 Å². The van der Waals surface area contributed by atoms with Gasteiger partial charge < -0.3 is 20.3 Å². The van der Waals surface area contributed by atoms with Crippen LogP contribution in [0, 0.1) is 0 Å². The number of hydrogen-bond acceptors (Lipinski definition) is 3. The molecule has 1 heterocycles. The van der Waals surface area contributed by atoms with Gasteiger partial charge in [0.25, 0.3) is 0 Å². The van der Waals surface area contributed by atoms with Crippen LogP contribution < -0.4 is 10.6 Å². The Labute approximate surface area is 155 Å². The summed E-state index contributed by atoms with van der Waals surface area (Å²) in [6, 6.07) is 0.550. The third-order valence-corrected chi connectivity index (χ3v) is 5.33. The zero-order valence-corrected chi connectivity index (χ0v) is 16.6. The lowest BCUT2D eigenvalue weighted by molar-refractivity contribution is 0.0487. The molecule has 25 heavy (non-hydrogen) atoms. The van der Waals surface area contributed by atoms with Crippen LogP contribution in [0.2, 0.25) is 0 Å². The standard InChI is InChI=1S/C20H40N4O/c1-3-14-24-15-11-18(12-16-24)23-20(21-4-2)22-13-17-25-19-9-7-5-6-8-10-19/h18-19H,3-17H2,1-2H3,(H2,21,22,23). The van der Waals surface area contributed by atoms with E-state index in [1.807, 2.05) is 0 Å². The molecule has 1 aliphatic heterocycles. The minimum absolute atomic E-state index is 0.469. The molecule has 1 aliphatic carbocycles. The molecule has 0 aromatic heterocycles. The highest BCUT2D eigenvalue weighted by Gasteiger charge is 2.19. The number of nitrogens with zero attached hydrogens (tertiary/aromatic N) is 2. The van der Waals surface area contributed by atoms with Gasteiger partial charge >= 0.3 is 0 Å². The normalized spacial score (nSPS) is 21.9. The molecule has 0 amide bonds. The molecule has 2 aliphatic rings. The van der Waals surface area contributed by atoms with Crippen LogP contribution in [-0.2, 0) is 4.74 Å². The Bertz CT molecular complexity index is 359. The topological polar surface area (TPSA) is 48.9 Å². The summed E-state index contributed by atoms with van der Waals surface area (Å²) in [5.74, 6) is 0.959. The van der Waals surface area contributed by atoms with Gasteiger partial charge in [0.05, 0.1) is 19.3 Å². The minimum atomic E-state index is 0.469. The highest BCUT2D eigenvalue weighted by Crippen LogP contribution is 2.19. The van der Waals surface area contributed by atoms with Gasteiger partial charge in [0.15, 0.2) is 5.96 Å². The van der Waals surface area contributed by atoms with E-state index in [-0.39, 0.29) is 0 Å². The summed E-state index contributed by atoms with van der Waals surface area (Å²) in [6.45, 7) is 10.4. The Morgan fingerprint density at radius 2 is 1.76 bits per heavy atom. The van der Waals surface area contributed by atoms with Crippen LogP contribution in [-0.4, -0.2) is 62.3 Å². The number of nitrogens with one attached hydrogen (secondary N) is 2. The molecule has 0 aromatic carbocycles. The molecule has 0 bridgehead atoms. The first-order chi connectivity index (χ1) is 12.3. The van der Waals surface area contributed by atoms with Crippen molar-refractivity contribution in [2.45, 2.75) is 83.8 Å². The maximum Gasteiger partial charge on any atom is 0.191 e. The third kappa shape index (κ3) is 8.41. The van der Waals surface area contributed by atoms with Crippen LogP contribution in [0.5, 0.6) is 0 Å². The Kier molecular flexibility index (Phi) is 10.3. The summed E-state index contributed by atoms with van der Waals surface area (Å²) in [5.41, 5.74) is 0. The zero-order valence-electron chi connectivity index (χ0n) is 16.6. The maximum absolute atomic E-state index is 6.05. The van der Waals surface area contributed by atoms with Crippen molar-refractivity contribution in [1.29, 1.82) is 0 Å². The molecule has 2 rings (SSSR count). The Hall–Kier alpha value is -0.810. The fourth-order valence-corrected chi connectivity index (χ4v) is 3.92. The first-order valence-electron chi connectivity index (χ1n) is 10.7. The molecule has 2 fully saturated rings. The van der Waals surface area contributed by atoms with E-state index in [9.17, 15) is 0 Å². The summed E-state index contributed by atoms with van der Waals surface area (Å²) < 4.78 is 6.05. The van der Waals surface area contributed by atoms with Gasteiger partial charge in [-0.1, -0.05) is 32.6 Å². The van der Waals surface area contributed by atoms with Gasteiger partial charge in [0.1, 0.15) is 0 Å². The molecule has 0 aromatic rings. The van der Waals surface area contributed by atoms with E-state index in [0.717, 1.165) is 25.7 Å². The monoisotopic (exact) mass is 352 g/mol. The molecule has 0 spiro atoms. The number of piperidine rings is 1. The van der Waals surface area contributed by atoms with Gasteiger partial charge in [-0.25, -0.2) is 0 Å². The number of rotatable bonds is 8. The Balaban J connectivity index is 1.67.